The minimum Gasteiger partial charge on any atom is -0.336 e. The number of hydrogen-bond acceptors (Lipinski definition) is 4. The summed E-state index contributed by atoms with van der Waals surface area (Å²) < 4.78 is 0. The van der Waals surface area contributed by atoms with Crippen LogP contribution < -0.4 is 0 Å². The molecule has 2 heterocycles. The maximum atomic E-state index is 13.2. The largest absolute Gasteiger partial charge is 0.336 e. The van der Waals surface area contributed by atoms with Crippen LogP contribution in [0.2, 0.25) is 0 Å². The molecule has 0 aromatic heterocycles. The Bertz CT molecular complexity index is 698. The number of allylic oxidation sites excluding steroid dienone is 2. The number of rotatable bonds is 0. The molecule has 3 aliphatic rings. The summed E-state index contributed by atoms with van der Waals surface area (Å²) in [5, 5.41) is 0. The van der Waals surface area contributed by atoms with E-state index in [0.717, 1.165) is 77.0 Å². The van der Waals surface area contributed by atoms with Gasteiger partial charge in [0.2, 0.25) is 5.78 Å². The fourth-order valence-electron chi connectivity index (χ4n) is 5.74. The highest BCUT2D eigenvalue weighted by atomic mass is 16.2. The summed E-state index contributed by atoms with van der Waals surface area (Å²) in [5.41, 5.74) is 0. The summed E-state index contributed by atoms with van der Waals surface area (Å²) in [6.45, 7) is 1.35. The first kappa shape index (κ1) is 24.9. The molecule has 2 fully saturated rings. The standard InChI is InChI=1S/C27H41NO4/c29-22-14-6-3-1-2-5-12-21-13-11-19-28(20-21)27(32)26(31)24-17-10-9-16-23(24)25(30)18-8-4-7-15-22/h3,6,21,23-24H,1-2,4-5,7-20H2/b6-3-. The number of fused-ring (bicyclic) bond motifs is 3. The molecular formula is C27H41NO4. The molecule has 1 aliphatic carbocycles. The zero-order valence-electron chi connectivity index (χ0n) is 19.7. The van der Waals surface area contributed by atoms with Crippen molar-refractivity contribution in [2.75, 3.05) is 13.1 Å². The fraction of sp³-hybridized carbons (Fsp3) is 0.778. The third-order valence-electron chi connectivity index (χ3n) is 7.66. The molecule has 0 aromatic rings. The van der Waals surface area contributed by atoms with Gasteiger partial charge in [0.1, 0.15) is 11.6 Å². The van der Waals surface area contributed by atoms with Crippen LogP contribution in [0.1, 0.15) is 103 Å². The summed E-state index contributed by atoms with van der Waals surface area (Å²) in [6.07, 6.45) is 17.8. The molecule has 178 valence electrons. The van der Waals surface area contributed by atoms with Gasteiger partial charge >= 0.3 is 0 Å². The van der Waals surface area contributed by atoms with E-state index in [4.69, 9.17) is 0 Å². The molecule has 1 amide bonds. The molecule has 2 aliphatic heterocycles. The van der Waals surface area contributed by atoms with Gasteiger partial charge in [-0.05, 0) is 63.7 Å². The number of piperidine rings is 1. The lowest BCUT2D eigenvalue weighted by molar-refractivity contribution is -0.150. The summed E-state index contributed by atoms with van der Waals surface area (Å²) in [6, 6.07) is 0. The third kappa shape index (κ3) is 7.38. The van der Waals surface area contributed by atoms with Crippen LogP contribution in [-0.4, -0.2) is 41.2 Å². The highest BCUT2D eigenvalue weighted by Crippen LogP contribution is 2.34. The second-order valence-corrected chi connectivity index (χ2v) is 10.1. The van der Waals surface area contributed by atoms with Crippen molar-refractivity contribution in [3.63, 3.8) is 0 Å². The molecule has 3 rings (SSSR count). The van der Waals surface area contributed by atoms with Crippen molar-refractivity contribution in [2.24, 2.45) is 17.8 Å². The van der Waals surface area contributed by atoms with Gasteiger partial charge in [0.25, 0.3) is 5.91 Å². The Hall–Kier alpha value is -1.78. The zero-order chi connectivity index (χ0) is 22.8. The van der Waals surface area contributed by atoms with Gasteiger partial charge in [0.15, 0.2) is 0 Å². The Morgan fingerprint density at radius 1 is 0.688 bits per heavy atom. The minimum atomic E-state index is -0.425. The SMILES string of the molecule is O=C1C/C=C\CCCCC2CCCN(C2)C(=O)C(=O)C2CCCCC2C(=O)CCCCC1. The number of amides is 1. The maximum Gasteiger partial charge on any atom is 0.290 e. The lowest BCUT2D eigenvalue weighted by atomic mass is 9.73. The lowest BCUT2D eigenvalue weighted by Crippen LogP contribution is -2.47. The third-order valence-corrected chi connectivity index (χ3v) is 7.66. The normalized spacial score (nSPS) is 31.5. The van der Waals surface area contributed by atoms with E-state index in [1.54, 1.807) is 4.90 Å². The Kier molecular flexibility index (Phi) is 10.1. The number of hydrogen-bond donors (Lipinski definition) is 0. The topological polar surface area (TPSA) is 71.5 Å². The van der Waals surface area contributed by atoms with Crippen molar-refractivity contribution in [1.82, 2.24) is 4.90 Å². The molecule has 0 radical (unpaired) electrons. The van der Waals surface area contributed by atoms with Crippen molar-refractivity contribution >= 4 is 23.3 Å². The van der Waals surface area contributed by atoms with Gasteiger partial charge in [-0.25, -0.2) is 0 Å². The fourth-order valence-corrected chi connectivity index (χ4v) is 5.74. The van der Waals surface area contributed by atoms with Gasteiger partial charge in [-0.15, -0.1) is 0 Å². The molecular weight excluding hydrogens is 402 g/mol. The van der Waals surface area contributed by atoms with E-state index in [-0.39, 0.29) is 29.2 Å². The highest BCUT2D eigenvalue weighted by Gasteiger charge is 2.40. The van der Waals surface area contributed by atoms with E-state index in [1.807, 2.05) is 6.08 Å². The Labute approximate surface area is 193 Å². The van der Waals surface area contributed by atoms with Crippen LogP contribution in [0.4, 0.5) is 0 Å². The number of ketones is 3. The number of carbonyl (C=O) groups is 4. The summed E-state index contributed by atoms with van der Waals surface area (Å²) in [7, 11) is 0. The second-order valence-electron chi connectivity index (χ2n) is 10.1. The van der Waals surface area contributed by atoms with E-state index < -0.39 is 5.92 Å². The van der Waals surface area contributed by atoms with E-state index in [1.165, 1.54) is 0 Å². The Morgan fingerprint density at radius 3 is 2.25 bits per heavy atom. The van der Waals surface area contributed by atoms with Crippen molar-refractivity contribution in [3.05, 3.63) is 12.2 Å². The molecule has 3 unspecified atom stereocenters. The first-order valence-corrected chi connectivity index (χ1v) is 13.1. The molecule has 0 aromatic carbocycles. The predicted octanol–water partition coefficient (Wildman–Crippen LogP) is 5.21. The van der Waals surface area contributed by atoms with Gasteiger partial charge in [-0.3, -0.25) is 19.2 Å². The summed E-state index contributed by atoms with van der Waals surface area (Å²) >= 11 is 0. The maximum absolute atomic E-state index is 13.2. The molecule has 3 atom stereocenters. The van der Waals surface area contributed by atoms with Crippen molar-refractivity contribution in [1.29, 1.82) is 0 Å². The molecule has 5 heteroatoms. The molecule has 2 bridgehead atoms. The van der Waals surface area contributed by atoms with Gasteiger partial charge in [-0.1, -0.05) is 37.8 Å². The van der Waals surface area contributed by atoms with Crippen LogP contribution >= 0.6 is 0 Å². The van der Waals surface area contributed by atoms with Crippen LogP contribution in [0.15, 0.2) is 12.2 Å². The second kappa shape index (κ2) is 13.1. The van der Waals surface area contributed by atoms with E-state index in [9.17, 15) is 19.2 Å². The van der Waals surface area contributed by atoms with Gasteiger partial charge in [0.05, 0.1) is 0 Å². The van der Waals surface area contributed by atoms with Crippen LogP contribution in [0.3, 0.4) is 0 Å². The molecule has 1 saturated heterocycles. The molecule has 0 spiro atoms. The lowest BCUT2D eigenvalue weighted by Gasteiger charge is -2.35. The van der Waals surface area contributed by atoms with Crippen LogP contribution in [0, 0.1) is 17.8 Å². The minimum absolute atomic E-state index is 0.146. The smallest absolute Gasteiger partial charge is 0.290 e. The number of carbonyl (C=O) groups excluding carboxylic acids is 4. The molecule has 0 N–H and O–H groups in total. The van der Waals surface area contributed by atoms with E-state index in [2.05, 4.69) is 6.08 Å². The van der Waals surface area contributed by atoms with Crippen LogP contribution in [0.25, 0.3) is 0 Å². The van der Waals surface area contributed by atoms with Crippen molar-refractivity contribution in [3.8, 4) is 0 Å². The predicted molar refractivity (Wildman–Crippen MR) is 125 cm³/mol. The zero-order valence-corrected chi connectivity index (χ0v) is 19.7. The Balaban J connectivity index is 1.66. The quantitative estimate of drug-likeness (QED) is 0.381. The van der Waals surface area contributed by atoms with Crippen LogP contribution in [0.5, 0.6) is 0 Å². The number of Topliss-reactive ketones (excluding diaryl/α,β-unsaturated/α-hetero) is 3. The average molecular weight is 444 g/mol. The van der Waals surface area contributed by atoms with Crippen molar-refractivity contribution in [2.45, 2.75) is 103 Å². The van der Waals surface area contributed by atoms with Gasteiger partial charge in [-0.2, -0.15) is 0 Å². The molecule has 1 saturated carbocycles. The molecule has 32 heavy (non-hydrogen) atoms. The Morgan fingerprint density at radius 2 is 1.41 bits per heavy atom. The highest BCUT2D eigenvalue weighted by molar-refractivity contribution is 6.37. The van der Waals surface area contributed by atoms with Gasteiger partial charge in [0, 0.05) is 44.2 Å². The monoisotopic (exact) mass is 443 g/mol. The number of nitrogens with zero attached hydrogens (tertiary/aromatic N) is 1. The van der Waals surface area contributed by atoms with Crippen LogP contribution in [-0.2, 0) is 19.2 Å². The first-order chi connectivity index (χ1) is 15.6. The van der Waals surface area contributed by atoms with E-state index >= 15 is 0 Å². The van der Waals surface area contributed by atoms with Gasteiger partial charge < -0.3 is 4.90 Å². The average Bonchev–Trinajstić information content (AvgIpc) is 2.81. The summed E-state index contributed by atoms with van der Waals surface area (Å²) in [4.78, 5) is 53.0. The first-order valence-electron chi connectivity index (χ1n) is 13.1. The van der Waals surface area contributed by atoms with Crippen molar-refractivity contribution < 1.29 is 19.2 Å². The molecule has 5 nitrogen and oxygen atoms in total. The van der Waals surface area contributed by atoms with E-state index in [0.29, 0.717) is 44.7 Å². The summed E-state index contributed by atoms with van der Waals surface area (Å²) in [5.74, 6) is -0.488.